The number of carbonyl (C=O) groups excluding carboxylic acids is 2. The predicted molar refractivity (Wildman–Crippen MR) is 81.9 cm³/mol. The molecular formula is C14H27NO5S. The van der Waals surface area contributed by atoms with E-state index in [0.717, 1.165) is 0 Å². The number of nitrogens with one attached hydrogen (secondary N) is 1. The normalized spacial score (nSPS) is 15.2. The Kier molecular flexibility index (Phi) is 7.53. The van der Waals surface area contributed by atoms with Gasteiger partial charge >= 0.3 is 11.9 Å². The van der Waals surface area contributed by atoms with Crippen LogP contribution in [-0.4, -0.2) is 40.2 Å². The maximum atomic E-state index is 12.3. The Morgan fingerprint density at radius 3 is 1.90 bits per heavy atom. The summed E-state index contributed by atoms with van der Waals surface area (Å²) in [6, 6.07) is -1.04. The maximum absolute atomic E-state index is 12.3. The van der Waals surface area contributed by atoms with Gasteiger partial charge in [0.1, 0.15) is 6.04 Å². The van der Waals surface area contributed by atoms with E-state index in [4.69, 9.17) is 9.47 Å². The summed E-state index contributed by atoms with van der Waals surface area (Å²) in [7, 11) is -1.52. The molecule has 0 aliphatic heterocycles. The average Bonchev–Trinajstić information content (AvgIpc) is 2.34. The van der Waals surface area contributed by atoms with Crippen LogP contribution in [0.1, 0.15) is 48.5 Å². The minimum atomic E-state index is -1.52. The van der Waals surface area contributed by atoms with Crippen LogP contribution in [-0.2, 0) is 30.0 Å². The molecule has 0 amide bonds. The zero-order valence-corrected chi connectivity index (χ0v) is 14.8. The van der Waals surface area contributed by atoms with Crippen molar-refractivity contribution in [2.24, 2.45) is 5.41 Å². The molecule has 0 rings (SSSR count). The molecule has 6 nitrogen and oxygen atoms in total. The molecule has 0 radical (unpaired) electrons. The van der Waals surface area contributed by atoms with E-state index in [1.165, 1.54) is 0 Å². The van der Waals surface area contributed by atoms with Crippen molar-refractivity contribution in [3.05, 3.63) is 0 Å². The number of esters is 2. The van der Waals surface area contributed by atoms with Crippen molar-refractivity contribution < 1.29 is 23.3 Å². The minimum absolute atomic E-state index is 0.179. The van der Waals surface area contributed by atoms with Gasteiger partial charge in [-0.25, -0.2) is 8.93 Å². The summed E-state index contributed by atoms with van der Waals surface area (Å²) < 4.78 is 24.4. The van der Waals surface area contributed by atoms with Crippen molar-refractivity contribution in [3.63, 3.8) is 0 Å². The molecule has 1 unspecified atom stereocenters. The first-order valence-electron chi connectivity index (χ1n) is 7.00. The molecule has 2 atom stereocenters. The Morgan fingerprint density at radius 2 is 1.52 bits per heavy atom. The number of carbonyl (C=O) groups is 2. The van der Waals surface area contributed by atoms with Crippen LogP contribution in [0.15, 0.2) is 0 Å². The van der Waals surface area contributed by atoms with Crippen molar-refractivity contribution >= 4 is 22.9 Å². The molecule has 0 fully saturated rings. The lowest BCUT2D eigenvalue weighted by Crippen LogP contribution is -2.55. The van der Waals surface area contributed by atoms with Crippen LogP contribution in [0.3, 0.4) is 0 Å². The highest BCUT2D eigenvalue weighted by Crippen LogP contribution is 2.25. The van der Waals surface area contributed by atoms with Crippen LogP contribution in [0.2, 0.25) is 0 Å². The summed E-state index contributed by atoms with van der Waals surface area (Å²) in [4.78, 5) is 24.2. The van der Waals surface area contributed by atoms with E-state index in [-0.39, 0.29) is 13.2 Å². The molecule has 0 bridgehead atoms. The van der Waals surface area contributed by atoms with Crippen molar-refractivity contribution in [1.29, 1.82) is 0 Å². The van der Waals surface area contributed by atoms with Gasteiger partial charge in [0.05, 0.1) is 34.4 Å². The van der Waals surface area contributed by atoms with Crippen LogP contribution >= 0.6 is 0 Å². The summed E-state index contributed by atoms with van der Waals surface area (Å²) in [5, 5.41) is 0. The lowest BCUT2D eigenvalue weighted by molar-refractivity contribution is -0.162. The molecule has 0 aliphatic rings. The van der Waals surface area contributed by atoms with Crippen molar-refractivity contribution in [3.8, 4) is 0 Å². The maximum Gasteiger partial charge on any atom is 0.325 e. The average molecular weight is 321 g/mol. The van der Waals surface area contributed by atoms with Gasteiger partial charge < -0.3 is 9.47 Å². The third-order valence-electron chi connectivity index (χ3n) is 2.83. The second-order valence-electron chi connectivity index (χ2n) is 6.13. The number of hydrogen-bond acceptors (Lipinski definition) is 5. The van der Waals surface area contributed by atoms with E-state index in [9.17, 15) is 13.8 Å². The van der Waals surface area contributed by atoms with Crippen LogP contribution in [0.25, 0.3) is 0 Å². The van der Waals surface area contributed by atoms with Gasteiger partial charge in [-0.15, -0.1) is 0 Å². The molecule has 0 saturated carbocycles. The zero-order chi connectivity index (χ0) is 16.8. The SMILES string of the molecule is CCOC(=O)[C@@H](NS(=O)C(C)(C)C)C(C)(C)C(=O)OCC. The Balaban J connectivity index is 5.37. The molecule has 124 valence electrons. The van der Waals surface area contributed by atoms with E-state index in [0.29, 0.717) is 0 Å². The molecular weight excluding hydrogens is 294 g/mol. The van der Waals surface area contributed by atoms with Crippen LogP contribution in [0.4, 0.5) is 0 Å². The Hall–Kier alpha value is -0.950. The monoisotopic (exact) mass is 321 g/mol. The standard InChI is InChI=1S/C14H27NO5S/c1-8-19-11(16)10(15-21(18)13(3,4)5)14(6,7)12(17)20-9-2/h10,15H,8-9H2,1-7H3/t10-,21?/m1/s1. The van der Waals surface area contributed by atoms with Gasteiger partial charge in [0.2, 0.25) is 0 Å². The first-order valence-corrected chi connectivity index (χ1v) is 8.15. The van der Waals surface area contributed by atoms with Crippen molar-refractivity contribution in [2.75, 3.05) is 13.2 Å². The molecule has 21 heavy (non-hydrogen) atoms. The van der Waals surface area contributed by atoms with E-state index in [1.807, 2.05) is 0 Å². The predicted octanol–water partition coefficient (Wildman–Crippen LogP) is 1.56. The number of hydrogen-bond donors (Lipinski definition) is 1. The summed E-state index contributed by atoms with van der Waals surface area (Å²) in [5.74, 6) is -1.16. The lowest BCUT2D eigenvalue weighted by Gasteiger charge is -2.32. The second-order valence-corrected chi connectivity index (χ2v) is 8.12. The van der Waals surface area contributed by atoms with Crippen LogP contribution in [0.5, 0.6) is 0 Å². The molecule has 7 heteroatoms. The van der Waals surface area contributed by atoms with Gasteiger partial charge in [0.15, 0.2) is 0 Å². The van der Waals surface area contributed by atoms with Crippen molar-refractivity contribution in [1.82, 2.24) is 4.72 Å². The Bertz CT molecular complexity index is 401. The third-order valence-corrected chi connectivity index (χ3v) is 4.39. The molecule has 0 aliphatic carbocycles. The van der Waals surface area contributed by atoms with Gasteiger partial charge in [0.25, 0.3) is 0 Å². The van der Waals surface area contributed by atoms with Crippen LogP contribution in [0, 0.1) is 5.41 Å². The van der Waals surface area contributed by atoms with Gasteiger partial charge in [0, 0.05) is 0 Å². The third kappa shape index (κ3) is 5.74. The fraction of sp³-hybridized carbons (Fsp3) is 0.857. The van der Waals surface area contributed by atoms with Gasteiger partial charge in [-0.1, -0.05) is 0 Å². The fourth-order valence-corrected chi connectivity index (χ4v) is 2.39. The summed E-state index contributed by atoms with van der Waals surface area (Å²) in [6.07, 6.45) is 0. The number of rotatable bonds is 7. The molecule has 0 aromatic carbocycles. The highest BCUT2D eigenvalue weighted by molar-refractivity contribution is 7.84. The van der Waals surface area contributed by atoms with E-state index in [1.54, 1.807) is 48.5 Å². The molecule has 0 aromatic rings. The highest BCUT2D eigenvalue weighted by atomic mass is 32.2. The lowest BCUT2D eigenvalue weighted by atomic mass is 9.85. The van der Waals surface area contributed by atoms with E-state index in [2.05, 4.69) is 4.72 Å². The highest BCUT2D eigenvalue weighted by Gasteiger charge is 2.45. The number of ether oxygens (including phenoxy) is 2. The first-order chi connectivity index (χ1) is 9.48. The topological polar surface area (TPSA) is 81.7 Å². The molecule has 0 heterocycles. The zero-order valence-electron chi connectivity index (χ0n) is 13.9. The fourth-order valence-electron chi connectivity index (χ4n) is 1.43. The summed E-state index contributed by atoms with van der Waals surface area (Å²) in [6.45, 7) is 12.2. The van der Waals surface area contributed by atoms with Crippen molar-refractivity contribution in [2.45, 2.75) is 59.3 Å². The molecule has 0 spiro atoms. The second kappa shape index (κ2) is 7.89. The molecule has 1 N–H and O–H groups in total. The Morgan fingerprint density at radius 1 is 1.05 bits per heavy atom. The van der Waals surface area contributed by atoms with E-state index >= 15 is 0 Å². The first kappa shape index (κ1) is 20.1. The largest absolute Gasteiger partial charge is 0.466 e. The smallest absolute Gasteiger partial charge is 0.325 e. The summed E-state index contributed by atoms with van der Waals surface area (Å²) >= 11 is 0. The Labute approximate surface area is 129 Å². The van der Waals surface area contributed by atoms with Crippen LogP contribution < -0.4 is 4.72 Å². The van der Waals surface area contributed by atoms with Gasteiger partial charge in [-0.3, -0.25) is 9.59 Å². The van der Waals surface area contributed by atoms with E-state index < -0.39 is 39.1 Å². The minimum Gasteiger partial charge on any atom is -0.466 e. The van der Waals surface area contributed by atoms with Gasteiger partial charge in [-0.05, 0) is 48.5 Å². The molecule has 0 aromatic heterocycles. The summed E-state index contributed by atoms with van der Waals surface area (Å²) in [5.41, 5.74) is -1.19. The van der Waals surface area contributed by atoms with Gasteiger partial charge in [-0.2, -0.15) is 0 Å². The quantitative estimate of drug-likeness (QED) is 0.720. The molecule has 0 saturated heterocycles.